The van der Waals surface area contributed by atoms with E-state index in [1.54, 1.807) is 36.1 Å². The van der Waals surface area contributed by atoms with Gasteiger partial charge in [0.25, 0.3) is 5.91 Å². The van der Waals surface area contributed by atoms with Gasteiger partial charge in [-0.2, -0.15) is 4.31 Å². The molecule has 28 heavy (non-hydrogen) atoms. The fourth-order valence-electron chi connectivity index (χ4n) is 3.15. The zero-order valence-corrected chi connectivity index (χ0v) is 17.0. The molecule has 1 fully saturated rings. The van der Waals surface area contributed by atoms with Crippen LogP contribution in [-0.4, -0.2) is 54.9 Å². The molecule has 0 radical (unpaired) electrons. The molecular formula is C18H19N3O5S2. The SMILES string of the molecule is Cc1cc(-c2cc(S(=O)(=O)N3CCN(C(=O)c4ccco4)CC3)c(C)s2)on1. The lowest BCUT2D eigenvalue weighted by Crippen LogP contribution is -2.50. The van der Waals surface area contributed by atoms with Gasteiger partial charge in [-0.1, -0.05) is 5.16 Å². The normalized spacial score (nSPS) is 15.9. The summed E-state index contributed by atoms with van der Waals surface area (Å²) in [5.74, 6) is 0.592. The molecular weight excluding hydrogens is 402 g/mol. The predicted octanol–water partition coefficient (Wildman–Crippen LogP) is 2.76. The van der Waals surface area contributed by atoms with Crippen LogP contribution in [0.15, 0.2) is 44.4 Å². The summed E-state index contributed by atoms with van der Waals surface area (Å²) in [4.78, 5) is 15.6. The van der Waals surface area contributed by atoms with Crippen molar-refractivity contribution in [3.8, 4) is 10.6 Å². The van der Waals surface area contributed by atoms with Gasteiger partial charge >= 0.3 is 0 Å². The van der Waals surface area contributed by atoms with Crippen LogP contribution >= 0.6 is 11.3 Å². The highest BCUT2D eigenvalue weighted by Crippen LogP contribution is 2.35. The number of rotatable bonds is 4. The van der Waals surface area contributed by atoms with Crippen LogP contribution in [0.1, 0.15) is 21.1 Å². The minimum Gasteiger partial charge on any atom is -0.459 e. The predicted molar refractivity (Wildman–Crippen MR) is 103 cm³/mol. The van der Waals surface area contributed by atoms with Gasteiger partial charge < -0.3 is 13.8 Å². The van der Waals surface area contributed by atoms with Crippen LogP contribution in [0.25, 0.3) is 10.6 Å². The van der Waals surface area contributed by atoms with Gasteiger partial charge in [-0.3, -0.25) is 4.79 Å². The van der Waals surface area contributed by atoms with E-state index >= 15 is 0 Å². The molecule has 1 aliphatic rings. The molecule has 4 heterocycles. The molecule has 0 aliphatic carbocycles. The Hall–Kier alpha value is -2.43. The molecule has 148 valence electrons. The quantitative estimate of drug-likeness (QED) is 0.643. The van der Waals surface area contributed by atoms with Crippen LogP contribution in [0.2, 0.25) is 0 Å². The number of hydrogen-bond acceptors (Lipinski definition) is 7. The van der Waals surface area contributed by atoms with Gasteiger partial charge in [0.05, 0.1) is 21.7 Å². The average Bonchev–Trinajstić information content (AvgIpc) is 3.42. The summed E-state index contributed by atoms with van der Waals surface area (Å²) in [7, 11) is -3.66. The molecule has 10 heteroatoms. The number of hydrogen-bond donors (Lipinski definition) is 0. The summed E-state index contributed by atoms with van der Waals surface area (Å²) in [6.07, 6.45) is 1.45. The highest BCUT2D eigenvalue weighted by Gasteiger charge is 2.33. The molecule has 0 unspecified atom stereocenters. The Morgan fingerprint density at radius 1 is 1.18 bits per heavy atom. The summed E-state index contributed by atoms with van der Waals surface area (Å²) < 4.78 is 38.1. The standard InChI is InChI=1S/C18H19N3O5S2/c1-12-10-15(26-19-12)16-11-17(13(2)27-16)28(23,24)21-7-5-20(6-8-21)18(22)14-4-3-9-25-14/h3-4,9-11H,5-8H2,1-2H3. The van der Waals surface area contributed by atoms with E-state index < -0.39 is 10.0 Å². The van der Waals surface area contributed by atoms with Crippen molar-refractivity contribution >= 4 is 27.3 Å². The van der Waals surface area contributed by atoms with Crippen molar-refractivity contribution < 1.29 is 22.2 Å². The van der Waals surface area contributed by atoms with Gasteiger partial charge in [0, 0.05) is 37.1 Å². The lowest BCUT2D eigenvalue weighted by molar-refractivity contribution is 0.0666. The number of nitrogens with zero attached hydrogens (tertiary/aromatic N) is 3. The fourth-order valence-corrected chi connectivity index (χ4v) is 6.08. The minimum atomic E-state index is -3.66. The van der Waals surface area contributed by atoms with Gasteiger partial charge in [-0.25, -0.2) is 8.42 Å². The third-order valence-electron chi connectivity index (χ3n) is 4.62. The number of piperazine rings is 1. The van der Waals surface area contributed by atoms with Gasteiger partial charge in [-0.15, -0.1) is 11.3 Å². The first-order chi connectivity index (χ1) is 13.4. The molecule has 0 spiro atoms. The van der Waals surface area contributed by atoms with Crippen molar-refractivity contribution in [2.24, 2.45) is 0 Å². The minimum absolute atomic E-state index is 0.225. The maximum atomic E-state index is 13.1. The number of carbonyl (C=O) groups is 1. The van der Waals surface area contributed by atoms with Crippen LogP contribution in [0.5, 0.6) is 0 Å². The van der Waals surface area contributed by atoms with Gasteiger partial charge in [0.2, 0.25) is 10.0 Å². The molecule has 0 aromatic carbocycles. The number of amides is 1. The Labute approximate surface area is 166 Å². The van der Waals surface area contributed by atoms with Crippen molar-refractivity contribution in [3.05, 3.63) is 46.9 Å². The van der Waals surface area contributed by atoms with Crippen molar-refractivity contribution in [1.82, 2.24) is 14.4 Å². The van der Waals surface area contributed by atoms with Gasteiger partial charge in [0.1, 0.15) is 0 Å². The highest BCUT2D eigenvalue weighted by atomic mass is 32.2. The van der Waals surface area contributed by atoms with E-state index in [0.717, 1.165) is 10.6 Å². The summed E-state index contributed by atoms with van der Waals surface area (Å²) >= 11 is 1.36. The van der Waals surface area contributed by atoms with Crippen molar-refractivity contribution in [2.75, 3.05) is 26.2 Å². The smallest absolute Gasteiger partial charge is 0.289 e. The first kappa shape index (κ1) is 18.9. The Morgan fingerprint density at radius 3 is 2.54 bits per heavy atom. The molecule has 0 saturated carbocycles. The van der Waals surface area contributed by atoms with Crippen LogP contribution in [0.4, 0.5) is 0 Å². The van der Waals surface area contributed by atoms with E-state index in [1.165, 1.54) is 21.9 Å². The van der Waals surface area contributed by atoms with Crippen molar-refractivity contribution in [3.63, 3.8) is 0 Å². The van der Waals surface area contributed by atoms with Crippen molar-refractivity contribution in [2.45, 2.75) is 18.7 Å². The molecule has 0 atom stereocenters. The zero-order valence-electron chi connectivity index (χ0n) is 15.4. The van der Waals surface area contributed by atoms with Gasteiger partial charge in [0.15, 0.2) is 11.5 Å². The molecule has 0 bridgehead atoms. The Balaban J connectivity index is 1.50. The molecule has 3 aromatic heterocycles. The number of sulfonamides is 1. The topological polar surface area (TPSA) is 96.9 Å². The molecule has 1 amide bonds. The number of aryl methyl sites for hydroxylation is 2. The Bertz CT molecular complexity index is 1090. The summed E-state index contributed by atoms with van der Waals surface area (Å²) in [5, 5.41) is 3.86. The molecule has 4 rings (SSSR count). The first-order valence-electron chi connectivity index (χ1n) is 8.73. The zero-order chi connectivity index (χ0) is 19.9. The fraction of sp³-hybridized carbons (Fsp3) is 0.333. The van der Waals surface area contributed by atoms with E-state index in [9.17, 15) is 13.2 Å². The molecule has 1 aliphatic heterocycles. The summed E-state index contributed by atoms with van der Waals surface area (Å²) in [6, 6.07) is 6.67. The van der Waals surface area contributed by atoms with Crippen LogP contribution in [0, 0.1) is 13.8 Å². The molecule has 3 aromatic rings. The molecule has 8 nitrogen and oxygen atoms in total. The largest absolute Gasteiger partial charge is 0.459 e. The second kappa shape index (κ2) is 7.19. The van der Waals surface area contributed by atoms with Crippen LogP contribution in [-0.2, 0) is 10.0 Å². The third-order valence-corrected chi connectivity index (χ3v) is 7.84. The maximum absolute atomic E-state index is 13.1. The van der Waals surface area contributed by atoms with Crippen molar-refractivity contribution in [1.29, 1.82) is 0 Å². The van der Waals surface area contributed by atoms with E-state index in [4.69, 9.17) is 8.94 Å². The average molecular weight is 422 g/mol. The van der Waals surface area contributed by atoms with E-state index in [2.05, 4.69) is 5.16 Å². The second-order valence-electron chi connectivity index (χ2n) is 6.54. The van der Waals surface area contributed by atoms with E-state index in [1.807, 2.05) is 6.92 Å². The van der Waals surface area contributed by atoms with Crippen LogP contribution in [0.3, 0.4) is 0 Å². The van der Waals surface area contributed by atoms with E-state index in [-0.39, 0.29) is 29.7 Å². The Morgan fingerprint density at radius 2 is 1.93 bits per heavy atom. The van der Waals surface area contributed by atoms with Gasteiger partial charge in [-0.05, 0) is 32.0 Å². The monoisotopic (exact) mass is 421 g/mol. The number of aromatic nitrogens is 1. The third kappa shape index (κ3) is 3.38. The maximum Gasteiger partial charge on any atom is 0.289 e. The second-order valence-corrected chi connectivity index (χ2v) is 9.70. The molecule has 1 saturated heterocycles. The number of thiophene rings is 1. The van der Waals surface area contributed by atoms with E-state index in [0.29, 0.717) is 23.7 Å². The number of carbonyl (C=O) groups excluding carboxylic acids is 1. The highest BCUT2D eigenvalue weighted by molar-refractivity contribution is 7.89. The first-order valence-corrected chi connectivity index (χ1v) is 11.0. The lowest BCUT2D eigenvalue weighted by Gasteiger charge is -2.33. The Kier molecular flexibility index (Phi) is 4.86. The lowest BCUT2D eigenvalue weighted by atomic mass is 10.3. The number of furan rings is 1. The van der Waals surface area contributed by atoms with Crippen LogP contribution < -0.4 is 0 Å². The summed E-state index contributed by atoms with van der Waals surface area (Å²) in [6.45, 7) is 4.70. The summed E-state index contributed by atoms with van der Waals surface area (Å²) in [5.41, 5.74) is 0.739. The molecule has 0 N–H and O–H groups in total.